The number of hydrogen-bond acceptors (Lipinski definition) is 3. The van der Waals surface area contributed by atoms with Gasteiger partial charge in [0, 0.05) is 20.3 Å². The smallest absolute Gasteiger partial charge is 0.0777 e. The molecule has 1 atom stereocenters. The third kappa shape index (κ3) is 3.56. The molecular weight excluding hydrogens is 178 g/mol. The van der Waals surface area contributed by atoms with E-state index >= 15 is 0 Å². The van der Waals surface area contributed by atoms with Gasteiger partial charge in [-0.1, -0.05) is 0 Å². The van der Waals surface area contributed by atoms with Crippen LogP contribution in [0.3, 0.4) is 0 Å². The number of ether oxygens (including phenoxy) is 1. The Morgan fingerprint density at radius 2 is 2.21 bits per heavy atom. The third-order valence-corrected chi connectivity index (χ3v) is 3.11. The number of likely N-dealkylation sites (tertiary alicyclic amines) is 1. The number of piperidine rings is 1. The van der Waals surface area contributed by atoms with Crippen LogP contribution in [0.5, 0.6) is 0 Å². The zero-order chi connectivity index (χ0) is 10.4. The van der Waals surface area contributed by atoms with E-state index < -0.39 is 0 Å². The van der Waals surface area contributed by atoms with Crippen LogP contribution >= 0.6 is 0 Å². The lowest BCUT2D eigenvalue weighted by molar-refractivity contribution is -0.0509. The van der Waals surface area contributed by atoms with E-state index in [0.717, 1.165) is 25.9 Å². The zero-order valence-corrected chi connectivity index (χ0v) is 9.46. The van der Waals surface area contributed by atoms with Crippen molar-refractivity contribution in [2.75, 3.05) is 33.4 Å². The standard InChI is InChI=1S/C11H23NO2/c1-11(14-2)6-5-8-12(10-11)7-3-4-9-13/h13H,3-10H2,1-2H3. The molecule has 1 aliphatic heterocycles. The maximum absolute atomic E-state index is 8.70. The lowest BCUT2D eigenvalue weighted by atomic mass is 9.94. The normalized spacial score (nSPS) is 29.4. The summed E-state index contributed by atoms with van der Waals surface area (Å²) in [6.45, 7) is 5.82. The molecule has 0 bridgehead atoms. The van der Waals surface area contributed by atoms with E-state index in [1.807, 2.05) is 0 Å². The molecule has 3 heteroatoms. The molecule has 0 aromatic heterocycles. The second-order valence-electron chi connectivity index (χ2n) is 4.46. The van der Waals surface area contributed by atoms with Crippen LogP contribution in [-0.2, 0) is 4.74 Å². The van der Waals surface area contributed by atoms with Gasteiger partial charge in [0.25, 0.3) is 0 Å². The maximum atomic E-state index is 8.70. The summed E-state index contributed by atoms with van der Waals surface area (Å²) >= 11 is 0. The molecule has 0 radical (unpaired) electrons. The fraction of sp³-hybridized carbons (Fsp3) is 1.00. The van der Waals surface area contributed by atoms with Crippen LogP contribution in [0.4, 0.5) is 0 Å². The van der Waals surface area contributed by atoms with Crippen molar-refractivity contribution in [3.63, 3.8) is 0 Å². The average Bonchev–Trinajstić information content (AvgIpc) is 2.19. The molecule has 1 heterocycles. The molecule has 0 aliphatic carbocycles. The number of methoxy groups -OCH3 is 1. The van der Waals surface area contributed by atoms with Gasteiger partial charge in [-0.3, -0.25) is 0 Å². The summed E-state index contributed by atoms with van der Waals surface area (Å²) in [5, 5.41) is 8.70. The second kappa shape index (κ2) is 5.69. The largest absolute Gasteiger partial charge is 0.396 e. The first kappa shape index (κ1) is 12.0. The van der Waals surface area contributed by atoms with Gasteiger partial charge >= 0.3 is 0 Å². The van der Waals surface area contributed by atoms with Crippen molar-refractivity contribution < 1.29 is 9.84 Å². The molecule has 1 fully saturated rings. The van der Waals surface area contributed by atoms with E-state index in [2.05, 4.69) is 11.8 Å². The Labute approximate surface area is 87.1 Å². The van der Waals surface area contributed by atoms with Gasteiger partial charge in [-0.05, 0) is 45.7 Å². The number of aliphatic hydroxyl groups is 1. The van der Waals surface area contributed by atoms with E-state index in [1.54, 1.807) is 7.11 Å². The molecule has 1 N–H and O–H groups in total. The highest BCUT2D eigenvalue weighted by Crippen LogP contribution is 2.23. The summed E-state index contributed by atoms with van der Waals surface area (Å²) < 4.78 is 5.52. The van der Waals surface area contributed by atoms with Crippen LogP contribution in [0, 0.1) is 0 Å². The van der Waals surface area contributed by atoms with Crippen molar-refractivity contribution >= 4 is 0 Å². The molecule has 1 unspecified atom stereocenters. The molecule has 0 aromatic rings. The Morgan fingerprint density at radius 3 is 2.86 bits per heavy atom. The Bertz CT molecular complexity index is 163. The fourth-order valence-electron chi connectivity index (χ4n) is 2.11. The lowest BCUT2D eigenvalue weighted by Crippen LogP contribution is -2.47. The summed E-state index contributed by atoms with van der Waals surface area (Å²) in [5.41, 5.74) is 0.0530. The van der Waals surface area contributed by atoms with Crippen LogP contribution in [0.25, 0.3) is 0 Å². The Hall–Kier alpha value is -0.120. The topological polar surface area (TPSA) is 32.7 Å². The van der Waals surface area contributed by atoms with Gasteiger partial charge in [-0.2, -0.15) is 0 Å². The summed E-state index contributed by atoms with van der Waals surface area (Å²) in [7, 11) is 1.80. The van der Waals surface area contributed by atoms with Crippen molar-refractivity contribution in [3.05, 3.63) is 0 Å². The molecule has 0 spiro atoms. The van der Waals surface area contributed by atoms with Gasteiger partial charge in [0.15, 0.2) is 0 Å². The highest BCUT2D eigenvalue weighted by atomic mass is 16.5. The first-order valence-electron chi connectivity index (χ1n) is 5.58. The summed E-state index contributed by atoms with van der Waals surface area (Å²) in [6, 6.07) is 0. The first-order chi connectivity index (χ1) is 6.70. The molecule has 0 saturated carbocycles. The quantitative estimate of drug-likeness (QED) is 0.680. The molecule has 0 amide bonds. The predicted octanol–water partition coefficient (Wildman–Crippen LogP) is 1.26. The number of unbranched alkanes of at least 4 members (excludes halogenated alkanes) is 1. The van der Waals surface area contributed by atoms with Gasteiger partial charge in [0.2, 0.25) is 0 Å². The van der Waals surface area contributed by atoms with Gasteiger partial charge in [-0.15, -0.1) is 0 Å². The molecule has 1 aliphatic rings. The van der Waals surface area contributed by atoms with Gasteiger partial charge in [-0.25, -0.2) is 0 Å². The van der Waals surface area contributed by atoms with E-state index in [-0.39, 0.29) is 5.60 Å². The van der Waals surface area contributed by atoms with Gasteiger partial charge in [0.1, 0.15) is 0 Å². The first-order valence-corrected chi connectivity index (χ1v) is 5.58. The maximum Gasteiger partial charge on any atom is 0.0777 e. The van der Waals surface area contributed by atoms with Gasteiger partial charge in [0.05, 0.1) is 5.60 Å². The summed E-state index contributed by atoms with van der Waals surface area (Å²) in [5.74, 6) is 0. The molecule has 84 valence electrons. The lowest BCUT2D eigenvalue weighted by Gasteiger charge is -2.39. The predicted molar refractivity (Wildman–Crippen MR) is 57.4 cm³/mol. The summed E-state index contributed by atoms with van der Waals surface area (Å²) in [6.07, 6.45) is 4.40. The summed E-state index contributed by atoms with van der Waals surface area (Å²) in [4.78, 5) is 2.45. The van der Waals surface area contributed by atoms with E-state index in [0.29, 0.717) is 6.61 Å². The molecule has 14 heavy (non-hydrogen) atoms. The van der Waals surface area contributed by atoms with E-state index in [9.17, 15) is 0 Å². The fourth-order valence-corrected chi connectivity index (χ4v) is 2.11. The van der Waals surface area contributed by atoms with Crippen molar-refractivity contribution in [2.45, 2.75) is 38.2 Å². The SMILES string of the molecule is COC1(C)CCCN(CCCCO)C1. The van der Waals surface area contributed by atoms with Crippen molar-refractivity contribution in [1.29, 1.82) is 0 Å². The van der Waals surface area contributed by atoms with Crippen molar-refractivity contribution in [3.8, 4) is 0 Å². The minimum Gasteiger partial charge on any atom is -0.396 e. The molecule has 1 rings (SSSR count). The van der Waals surface area contributed by atoms with E-state index in [4.69, 9.17) is 9.84 Å². The molecular formula is C11H23NO2. The van der Waals surface area contributed by atoms with Crippen LogP contribution in [0.15, 0.2) is 0 Å². The minimum absolute atomic E-state index is 0.0530. The van der Waals surface area contributed by atoms with Crippen LogP contribution in [0.2, 0.25) is 0 Å². The number of rotatable bonds is 5. The number of aliphatic hydroxyl groups excluding tert-OH is 1. The molecule has 3 nitrogen and oxygen atoms in total. The highest BCUT2D eigenvalue weighted by Gasteiger charge is 2.30. The zero-order valence-electron chi connectivity index (χ0n) is 9.46. The van der Waals surface area contributed by atoms with Crippen LogP contribution < -0.4 is 0 Å². The third-order valence-electron chi connectivity index (χ3n) is 3.11. The number of nitrogens with zero attached hydrogens (tertiary/aromatic N) is 1. The van der Waals surface area contributed by atoms with Crippen molar-refractivity contribution in [2.24, 2.45) is 0 Å². The van der Waals surface area contributed by atoms with Gasteiger partial charge < -0.3 is 14.7 Å². The Kier molecular flexibility index (Phi) is 4.85. The second-order valence-corrected chi connectivity index (χ2v) is 4.46. The van der Waals surface area contributed by atoms with Crippen molar-refractivity contribution in [1.82, 2.24) is 4.90 Å². The Balaban J connectivity index is 2.25. The van der Waals surface area contributed by atoms with E-state index in [1.165, 1.54) is 19.4 Å². The highest BCUT2D eigenvalue weighted by molar-refractivity contribution is 4.84. The molecule has 1 saturated heterocycles. The van der Waals surface area contributed by atoms with Crippen LogP contribution in [0.1, 0.15) is 32.6 Å². The average molecular weight is 201 g/mol. The number of hydrogen-bond donors (Lipinski definition) is 1. The minimum atomic E-state index is 0.0530. The molecule has 0 aromatic carbocycles. The van der Waals surface area contributed by atoms with Crippen LogP contribution in [-0.4, -0.2) is 49.0 Å². The Morgan fingerprint density at radius 1 is 1.43 bits per heavy atom. The monoisotopic (exact) mass is 201 g/mol.